The van der Waals surface area contributed by atoms with Crippen molar-refractivity contribution < 1.29 is 23.8 Å². The normalized spacial score (nSPS) is 28.5. The molecule has 0 aromatic rings. The lowest BCUT2D eigenvalue weighted by atomic mass is 9.91. The van der Waals surface area contributed by atoms with Gasteiger partial charge < -0.3 is 19.5 Å². The van der Waals surface area contributed by atoms with E-state index in [0.29, 0.717) is 24.7 Å². The van der Waals surface area contributed by atoms with E-state index < -0.39 is 0 Å². The minimum absolute atomic E-state index is 0.0327. The van der Waals surface area contributed by atoms with Gasteiger partial charge in [-0.3, -0.25) is 9.59 Å². The fourth-order valence-corrected chi connectivity index (χ4v) is 4.28. The summed E-state index contributed by atoms with van der Waals surface area (Å²) >= 11 is 0. The third-order valence-electron chi connectivity index (χ3n) is 5.94. The van der Waals surface area contributed by atoms with Gasteiger partial charge in [-0.2, -0.15) is 0 Å². The molecule has 3 rings (SSSR count). The van der Waals surface area contributed by atoms with E-state index in [1.165, 1.54) is 0 Å². The van der Waals surface area contributed by atoms with E-state index in [-0.39, 0.29) is 24.0 Å². The van der Waals surface area contributed by atoms with Crippen LogP contribution in [0.2, 0.25) is 0 Å². The highest BCUT2D eigenvalue weighted by atomic mass is 16.5. The second-order valence-corrected chi connectivity index (χ2v) is 8.01. The van der Waals surface area contributed by atoms with Crippen molar-refractivity contribution in [1.82, 2.24) is 5.32 Å². The lowest BCUT2D eigenvalue weighted by molar-refractivity contribution is -0.154. The van der Waals surface area contributed by atoms with Gasteiger partial charge in [0.05, 0.1) is 6.04 Å². The number of rotatable bonds is 6. The number of hydrogen-bond donors (Lipinski definition) is 1. The molecular weight excluding hydrogens is 334 g/mol. The minimum atomic E-state index is -0.172. The fourth-order valence-electron chi connectivity index (χ4n) is 4.28. The highest BCUT2D eigenvalue weighted by molar-refractivity contribution is 5.76. The summed E-state index contributed by atoms with van der Waals surface area (Å²) in [6.45, 7) is 3.00. The molecule has 6 nitrogen and oxygen atoms in total. The molecule has 0 spiro atoms. The lowest BCUT2D eigenvalue weighted by Gasteiger charge is -2.33. The fraction of sp³-hybridized carbons (Fsp3) is 0.900. The maximum Gasteiger partial charge on any atom is 0.306 e. The summed E-state index contributed by atoms with van der Waals surface area (Å²) in [5.74, 6) is 0.769. The van der Waals surface area contributed by atoms with E-state index >= 15 is 0 Å². The van der Waals surface area contributed by atoms with Crippen molar-refractivity contribution in [3.63, 3.8) is 0 Å². The first-order chi connectivity index (χ1) is 12.7. The van der Waals surface area contributed by atoms with Gasteiger partial charge in [-0.1, -0.05) is 6.42 Å². The Kier molecular flexibility index (Phi) is 7.74. The van der Waals surface area contributed by atoms with Gasteiger partial charge in [0.25, 0.3) is 0 Å². The number of carbonyl (C=O) groups excluding carboxylic acids is 2. The molecular formula is C20H33NO5. The molecule has 0 aromatic heterocycles. The Bertz CT molecular complexity index is 415. The third kappa shape index (κ3) is 6.23. The lowest BCUT2D eigenvalue weighted by Crippen LogP contribution is -2.47. The molecule has 6 heteroatoms. The number of esters is 1. The van der Waals surface area contributed by atoms with Crippen LogP contribution in [-0.2, 0) is 23.8 Å². The van der Waals surface area contributed by atoms with E-state index in [1.54, 1.807) is 0 Å². The molecule has 0 aromatic carbocycles. The molecule has 2 unspecified atom stereocenters. The van der Waals surface area contributed by atoms with Crippen molar-refractivity contribution in [2.45, 2.75) is 76.4 Å². The molecule has 26 heavy (non-hydrogen) atoms. The number of nitrogens with one attached hydrogen (secondary N) is 1. The Morgan fingerprint density at radius 2 is 1.38 bits per heavy atom. The van der Waals surface area contributed by atoms with Crippen LogP contribution in [0.4, 0.5) is 0 Å². The van der Waals surface area contributed by atoms with Crippen molar-refractivity contribution >= 4 is 11.9 Å². The monoisotopic (exact) mass is 367 g/mol. The average molecular weight is 367 g/mol. The van der Waals surface area contributed by atoms with E-state index in [2.05, 4.69) is 5.32 Å². The van der Waals surface area contributed by atoms with Crippen LogP contribution in [0.3, 0.4) is 0 Å². The Labute approximate surface area is 156 Å². The topological polar surface area (TPSA) is 73.9 Å². The predicted molar refractivity (Wildman–Crippen MR) is 96.6 cm³/mol. The third-order valence-corrected chi connectivity index (χ3v) is 5.94. The number of hydrogen-bond acceptors (Lipinski definition) is 5. The van der Waals surface area contributed by atoms with Crippen molar-refractivity contribution in [2.75, 3.05) is 26.4 Å². The quantitative estimate of drug-likeness (QED) is 0.731. The summed E-state index contributed by atoms with van der Waals surface area (Å²) in [7, 11) is 0. The summed E-state index contributed by atoms with van der Waals surface area (Å²) < 4.78 is 16.5. The summed E-state index contributed by atoms with van der Waals surface area (Å²) in [6, 6.07) is -0.0327. The molecule has 1 saturated carbocycles. The zero-order valence-electron chi connectivity index (χ0n) is 15.8. The van der Waals surface area contributed by atoms with E-state index in [9.17, 15) is 9.59 Å². The zero-order valence-corrected chi connectivity index (χ0v) is 15.8. The molecule has 1 N–H and O–H groups in total. The summed E-state index contributed by atoms with van der Waals surface area (Å²) in [6.07, 6.45) is 8.54. The van der Waals surface area contributed by atoms with Crippen LogP contribution in [0.5, 0.6) is 0 Å². The Morgan fingerprint density at radius 1 is 0.808 bits per heavy atom. The molecule has 0 radical (unpaired) electrons. The van der Waals surface area contributed by atoms with Crippen LogP contribution in [0, 0.1) is 11.8 Å². The van der Waals surface area contributed by atoms with Gasteiger partial charge in [-0.05, 0) is 56.8 Å². The van der Waals surface area contributed by atoms with Gasteiger partial charge in [0, 0.05) is 39.3 Å². The SMILES string of the molecule is O=C(CC1CCOCC1)NC1CCCCC1OC(=O)CC1CCOCC1. The molecule has 148 valence electrons. The van der Waals surface area contributed by atoms with Crippen LogP contribution in [0.1, 0.15) is 64.2 Å². The van der Waals surface area contributed by atoms with Gasteiger partial charge in [-0.15, -0.1) is 0 Å². The van der Waals surface area contributed by atoms with Gasteiger partial charge in [0.1, 0.15) is 6.10 Å². The largest absolute Gasteiger partial charge is 0.460 e. The standard InChI is InChI=1S/C20H33NO5/c22-19(13-15-5-9-24-10-6-15)21-17-3-1-2-4-18(17)26-20(23)14-16-7-11-25-12-8-16/h15-18H,1-14H2,(H,21,22). The van der Waals surface area contributed by atoms with Crippen molar-refractivity contribution in [3.05, 3.63) is 0 Å². The summed E-state index contributed by atoms with van der Waals surface area (Å²) in [5.41, 5.74) is 0. The van der Waals surface area contributed by atoms with E-state index in [1.807, 2.05) is 0 Å². The number of ether oxygens (including phenoxy) is 3. The summed E-state index contributed by atoms with van der Waals surface area (Å²) in [4.78, 5) is 24.8. The van der Waals surface area contributed by atoms with Gasteiger partial charge in [0.15, 0.2) is 0 Å². The molecule has 2 heterocycles. The van der Waals surface area contributed by atoms with Crippen LogP contribution in [0.15, 0.2) is 0 Å². The van der Waals surface area contributed by atoms with Crippen molar-refractivity contribution in [2.24, 2.45) is 11.8 Å². The van der Waals surface area contributed by atoms with E-state index in [4.69, 9.17) is 14.2 Å². The maximum atomic E-state index is 12.4. The molecule has 1 aliphatic carbocycles. The van der Waals surface area contributed by atoms with E-state index in [0.717, 1.165) is 77.8 Å². The van der Waals surface area contributed by atoms with Crippen LogP contribution in [-0.4, -0.2) is 50.4 Å². The number of amides is 1. The molecule has 3 aliphatic rings. The molecule has 0 bridgehead atoms. The molecule has 2 atom stereocenters. The first-order valence-corrected chi connectivity index (χ1v) is 10.3. The molecule has 3 fully saturated rings. The smallest absolute Gasteiger partial charge is 0.306 e. The molecule has 2 aliphatic heterocycles. The maximum absolute atomic E-state index is 12.4. The van der Waals surface area contributed by atoms with Gasteiger partial charge in [-0.25, -0.2) is 0 Å². The zero-order chi connectivity index (χ0) is 18.2. The molecule has 2 saturated heterocycles. The highest BCUT2D eigenvalue weighted by Crippen LogP contribution is 2.25. The van der Waals surface area contributed by atoms with Gasteiger partial charge in [0.2, 0.25) is 5.91 Å². The Morgan fingerprint density at radius 3 is 2.04 bits per heavy atom. The highest BCUT2D eigenvalue weighted by Gasteiger charge is 2.31. The van der Waals surface area contributed by atoms with Crippen LogP contribution in [0.25, 0.3) is 0 Å². The first kappa shape index (κ1) is 19.6. The first-order valence-electron chi connectivity index (χ1n) is 10.3. The second-order valence-electron chi connectivity index (χ2n) is 8.01. The second kappa shape index (κ2) is 10.3. The van der Waals surface area contributed by atoms with Crippen molar-refractivity contribution in [3.8, 4) is 0 Å². The Hall–Kier alpha value is -1.14. The minimum Gasteiger partial charge on any atom is -0.460 e. The van der Waals surface area contributed by atoms with Gasteiger partial charge >= 0.3 is 5.97 Å². The van der Waals surface area contributed by atoms with Crippen molar-refractivity contribution in [1.29, 1.82) is 0 Å². The molecule has 1 amide bonds. The summed E-state index contributed by atoms with van der Waals surface area (Å²) in [5, 5.41) is 3.15. The average Bonchev–Trinajstić information content (AvgIpc) is 2.65. The van der Waals surface area contributed by atoms with Crippen LogP contribution < -0.4 is 5.32 Å². The number of carbonyl (C=O) groups is 2. The predicted octanol–water partition coefficient (Wildman–Crippen LogP) is 2.59. The Balaban J connectivity index is 1.44. The van der Waals surface area contributed by atoms with Crippen LogP contribution >= 0.6 is 0 Å².